The molecule has 1 aliphatic heterocycles. The molecule has 0 aliphatic carbocycles. The second-order valence-corrected chi connectivity index (χ2v) is 9.35. The second-order valence-electron chi connectivity index (χ2n) is 7.00. The Kier molecular flexibility index (Phi) is 7.10. The van der Waals surface area contributed by atoms with Gasteiger partial charge in [-0.1, -0.05) is 48.0 Å². The SMILES string of the molecule is O=C(NCCCc1ccccc1Cl)[C@H]1CCCN(S(=O)(=O)c2ccccc2)C1. The first-order valence-electron chi connectivity index (χ1n) is 9.55. The summed E-state index contributed by atoms with van der Waals surface area (Å²) >= 11 is 6.15. The molecule has 1 fully saturated rings. The van der Waals surface area contributed by atoms with Gasteiger partial charge in [-0.15, -0.1) is 0 Å². The van der Waals surface area contributed by atoms with Gasteiger partial charge in [0, 0.05) is 24.7 Å². The summed E-state index contributed by atoms with van der Waals surface area (Å²) in [7, 11) is -3.56. The van der Waals surface area contributed by atoms with Crippen LogP contribution in [-0.4, -0.2) is 38.3 Å². The first kappa shape index (κ1) is 20.8. The molecule has 1 heterocycles. The van der Waals surface area contributed by atoms with Crippen LogP contribution in [0.15, 0.2) is 59.5 Å². The average Bonchev–Trinajstić information content (AvgIpc) is 2.73. The molecule has 2 aromatic carbocycles. The Hall–Kier alpha value is -1.89. The molecular formula is C21H25ClN2O3S. The van der Waals surface area contributed by atoms with Crippen molar-refractivity contribution in [2.24, 2.45) is 5.92 Å². The third-order valence-electron chi connectivity index (χ3n) is 5.02. The van der Waals surface area contributed by atoms with Gasteiger partial charge in [0.2, 0.25) is 15.9 Å². The third kappa shape index (κ3) is 5.13. The summed E-state index contributed by atoms with van der Waals surface area (Å²) in [5, 5.41) is 3.69. The van der Waals surface area contributed by atoms with Gasteiger partial charge in [-0.05, 0) is 49.4 Å². The largest absolute Gasteiger partial charge is 0.356 e. The summed E-state index contributed by atoms with van der Waals surface area (Å²) in [6.45, 7) is 1.23. The van der Waals surface area contributed by atoms with Gasteiger partial charge in [-0.2, -0.15) is 4.31 Å². The number of piperidine rings is 1. The molecule has 1 atom stereocenters. The van der Waals surface area contributed by atoms with Crippen molar-refractivity contribution in [3.63, 3.8) is 0 Å². The fourth-order valence-corrected chi connectivity index (χ4v) is 5.23. The molecule has 0 spiro atoms. The highest BCUT2D eigenvalue weighted by Crippen LogP contribution is 2.24. The molecule has 28 heavy (non-hydrogen) atoms. The van der Waals surface area contributed by atoms with Crippen molar-refractivity contribution in [1.29, 1.82) is 0 Å². The number of carbonyl (C=O) groups is 1. The van der Waals surface area contributed by atoms with Crippen molar-refractivity contribution in [1.82, 2.24) is 9.62 Å². The van der Waals surface area contributed by atoms with Gasteiger partial charge in [0.1, 0.15) is 0 Å². The molecule has 1 N–H and O–H groups in total. The summed E-state index contributed by atoms with van der Waals surface area (Å²) in [4.78, 5) is 12.8. The summed E-state index contributed by atoms with van der Waals surface area (Å²) in [5.74, 6) is -0.389. The van der Waals surface area contributed by atoms with E-state index in [1.54, 1.807) is 30.3 Å². The van der Waals surface area contributed by atoms with E-state index in [2.05, 4.69) is 5.32 Å². The first-order valence-corrected chi connectivity index (χ1v) is 11.4. The van der Waals surface area contributed by atoms with Crippen LogP contribution < -0.4 is 5.32 Å². The highest BCUT2D eigenvalue weighted by Gasteiger charge is 2.33. The Labute approximate surface area is 171 Å². The summed E-state index contributed by atoms with van der Waals surface area (Å²) < 4.78 is 27.0. The van der Waals surface area contributed by atoms with E-state index in [0.717, 1.165) is 23.4 Å². The van der Waals surface area contributed by atoms with Gasteiger partial charge >= 0.3 is 0 Å². The molecular weight excluding hydrogens is 396 g/mol. The Morgan fingerprint density at radius 1 is 1.11 bits per heavy atom. The van der Waals surface area contributed by atoms with E-state index in [1.165, 1.54) is 4.31 Å². The molecule has 2 aromatic rings. The van der Waals surface area contributed by atoms with Gasteiger partial charge in [-0.25, -0.2) is 8.42 Å². The van der Waals surface area contributed by atoms with Gasteiger partial charge in [0.25, 0.3) is 0 Å². The Morgan fingerprint density at radius 2 is 1.82 bits per heavy atom. The van der Waals surface area contributed by atoms with E-state index in [0.29, 0.717) is 25.9 Å². The van der Waals surface area contributed by atoms with Crippen molar-refractivity contribution in [3.8, 4) is 0 Å². The molecule has 1 amide bonds. The average molecular weight is 421 g/mol. The quantitative estimate of drug-likeness (QED) is 0.697. The van der Waals surface area contributed by atoms with Crippen LogP contribution >= 0.6 is 11.6 Å². The van der Waals surface area contributed by atoms with Crippen molar-refractivity contribution in [2.75, 3.05) is 19.6 Å². The fourth-order valence-electron chi connectivity index (χ4n) is 3.45. The highest BCUT2D eigenvalue weighted by atomic mass is 35.5. The Morgan fingerprint density at radius 3 is 2.57 bits per heavy atom. The van der Waals surface area contributed by atoms with E-state index in [4.69, 9.17) is 11.6 Å². The second kappa shape index (κ2) is 9.54. The number of amides is 1. The minimum Gasteiger partial charge on any atom is -0.356 e. The molecule has 5 nitrogen and oxygen atoms in total. The number of nitrogens with zero attached hydrogens (tertiary/aromatic N) is 1. The van der Waals surface area contributed by atoms with Crippen LogP contribution in [0.25, 0.3) is 0 Å². The van der Waals surface area contributed by atoms with E-state index in [1.807, 2.05) is 24.3 Å². The number of aryl methyl sites for hydroxylation is 1. The van der Waals surface area contributed by atoms with Crippen molar-refractivity contribution in [2.45, 2.75) is 30.6 Å². The topological polar surface area (TPSA) is 66.5 Å². The number of hydrogen-bond donors (Lipinski definition) is 1. The smallest absolute Gasteiger partial charge is 0.243 e. The zero-order valence-electron chi connectivity index (χ0n) is 15.7. The molecule has 150 valence electrons. The molecule has 1 saturated heterocycles. The molecule has 0 saturated carbocycles. The number of nitrogens with one attached hydrogen (secondary N) is 1. The maximum absolute atomic E-state index is 12.8. The number of halogens is 1. The maximum Gasteiger partial charge on any atom is 0.243 e. The number of sulfonamides is 1. The molecule has 0 bridgehead atoms. The Balaban J connectivity index is 1.51. The van der Waals surface area contributed by atoms with Crippen LogP contribution in [0.1, 0.15) is 24.8 Å². The van der Waals surface area contributed by atoms with Gasteiger partial charge < -0.3 is 5.32 Å². The predicted molar refractivity (Wildman–Crippen MR) is 111 cm³/mol. The lowest BCUT2D eigenvalue weighted by Crippen LogP contribution is -2.45. The highest BCUT2D eigenvalue weighted by molar-refractivity contribution is 7.89. The van der Waals surface area contributed by atoms with Gasteiger partial charge in [-0.3, -0.25) is 4.79 Å². The molecule has 1 aliphatic rings. The van der Waals surface area contributed by atoms with Crippen LogP contribution in [0.3, 0.4) is 0 Å². The number of carbonyl (C=O) groups excluding carboxylic acids is 1. The molecule has 0 aromatic heterocycles. The summed E-state index contributed by atoms with van der Waals surface area (Å²) in [6.07, 6.45) is 2.97. The van der Waals surface area contributed by atoms with E-state index >= 15 is 0 Å². The zero-order valence-corrected chi connectivity index (χ0v) is 17.3. The van der Waals surface area contributed by atoms with Crippen LogP contribution in [-0.2, 0) is 21.2 Å². The fraction of sp³-hybridized carbons (Fsp3) is 0.381. The minimum absolute atomic E-state index is 0.0767. The summed E-state index contributed by atoms with van der Waals surface area (Å²) in [5.41, 5.74) is 1.07. The van der Waals surface area contributed by atoms with Crippen molar-refractivity contribution < 1.29 is 13.2 Å². The lowest BCUT2D eigenvalue weighted by molar-refractivity contribution is -0.126. The normalized spacial score (nSPS) is 18.0. The van der Waals surface area contributed by atoms with E-state index < -0.39 is 10.0 Å². The van der Waals surface area contributed by atoms with Crippen LogP contribution in [0.2, 0.25) is 5.02 Å². The van der Waals surface area contributed by atoms with Gasteiger partial charge in [0.15, 0.2) is 0 Å². The van der Waals surface area contributed by atoms with Crippen LogP contribution in [0.4, 0.5) is 0 Å². The molecule has 7 heteroatoms. The maximum atomic E-state index is 12.8. The first-order chi connectivity index (χ1) is 13.5. The van der Waals surface area contributed by atoms with Crippen LogP contribution in [0.5, 0.6) is 0 Å². The number of hydrogen-bond acceptors (Lipinski definition) is 3. The number of benzene rings is 2. The van der Waals surface area contributed by atoms with Gasteiger partial charge in [0.05, 0.1) is 10.8 Å². The molecule has 0 unspecified atom stereocenters. The standard InChI is InChI=1S/C21H25ClN2O3S/c22-20-13-5-4-8-17(20)9-6-14-23-21(25)18-10-7-15-24(16-18)28(26,27)19-11-2-1-3-12-19/h1-5,8,11-13,18H,6-7,9-10,14-16H2,(H,23,25)/t18-/m0/s1. The number of rotatable bonds is 7. The lowest BCUT2D eigenvalue weighted by atomic mass is 9.99. The lowest BCUT2D eigenvalue weighted by Gasteiger charge is -2.31. The third-order valence-corrected chi connectivity index (χ3v) is 7.26. The monoisotopic (exact) mass is 420 g/mol. The molecule has 0 radical (unpaired) electrons. The van der Waals surface area contributed by atoms with E-state index in [9.17, 15) is 13.2 Å². The Bertz CT molecular complexity index is 903. The van der Waals surface area contributed by atoms with Crippen molar-refractivity contribution in [3.05, 3.63) is 65.2 Å². The summed E-state index contributed by atoms with van der Waals surface area (Å²) in [6, 6.07) is 16.1. The predicted octanol–water partition coefficient (Wildman–Crippen LogP) is 3.49. The van der Waals surface area contributed by atoms with Crippen molar-refractivity contribution >= 4 is 27.5 Å². The minimum atomic E-state index is -3.56. The molecule has 3 rings (SSSR count). The van der Waals surface area contributed by atoms with E-state index in [-0.39, 0.29) is 23.3 Å². The van der Waals surface area contributed by atoms with Crippen LogP contribution in [0, 0.1) is 5.92 Å². The zero-order chi connectivity index (χ0) is 20.0.